The summed E-state index contributed by atoms with van der Waals surface area (Å²) in [5.74, 6) is -1.14. The maximum atomic E-state index is 14.2. The molecule has 0 fully saturated rings. The first-order chi connectivity index (χ1) is 14.0. The number of aromatic nitrogens is 1. The van der Waals surface area contributed by atoms with Crippen LogP contribution in [-0.2, 0) is 13.1 Å². The highest BCUT2D eigenvalue weighted by Gasteiger charge is 2.21. The average molecular weight is 392 g/mol. The third-order valence-electron chi connectivity index (χ3n) is 4.59. The van der Waals surface area contributed by atoms with E-state index in [1.165, 1.54) is 4.90 Å². The maximum absolute atomic E-state index is 14.2. The molecule has 1 amide bonds. The first-order valence-electron chi connectivity index (χ1n) is 9.14. The molecule has 0 spiro atoms. The van der Waals surface area contributed by atoms with Crippen LogP contribution in [0.3, 0.4) is 0 Å². The van der Waals surface area contributed by atoms with E-state index in [-0.39, 0.29) is 24.6 Å². The van der Waals surface area contributed by atoms with Crippen LogP contribution in [0.25, 0.3) is 11.1 Å². The Balaban J connectivity index is 1.68. The summed E-state index contributed by atoms with van der Waals surface area (Å²) in [6.45, 7) is 1.86. The number of oxazole rings is 1. The zero-order chi connectivity index (χ0) is 20.4. The predicted molar refractivity (Wildman–Crippen MR) is 105 cm³/mol. The summed E-state index contributed by atoms with van der Waals surface area (Å²) in [6, 6.07) is 17.4. The molecular weight excluding hydrogens is 374 g/mol. The van der Waals surface area contributed by atoms with E-state index in [1.807, 2.05) is 25.1 Å². The van der Waals surface area contributed by atoms with Gasteiger partial charge in [0.15, 0.2) is 5.58 Å². The monoisotopic (exact) mass is 392 g/mol. The van der Waals surface area contributed by atoms with Crippen molar-refractivity contribution >= 4 is 17.0 Å². The van der Waals surface area contributed by atoms with E-state index in [0.717, 1.165) is 23.8 Å². The number of amides is 1. The highest BCUT2D eigenvalue weighted by atomic mass is 19.1. The van der Waals surface area contributed by atoms with Crippen LogP contribution in [0.5, 0.6) is 0 Å². The molecule has 6 heteroatoms. The summed E-state index contributed by atoms with van der Waals surface area (Å²) < 4.78 is 33.6. The van der Waals surface area contributed by atoms with Crippen LogP contribution in [-0.4, -0.2) is 15.8 Å². The van der Waals surface area contributed by atoms with Crippen LogP contribution in [0.2, 0.25) is 0 Å². The van der Waals surface area contributed by atoms with Crippen molar-refractivity contribution < 1.29 is 18.0 Å². The van der Waals surface area contributed by atoms with Crippen molar-refractivity contribution in [1.82, 2.24) is 9.88 Å². The second kappa shape index (κ2) is 7.83. The van der Waals surface area contributed by atoms with Gasteiger partial charge in [-0.3, -0.25) is 4.79 Å². The van der Waals surface area contributed by atoms with Gasteiger partial charge in [-0.25, -0.2) is 13.8 Å². The fourth-order valence-electron chi connectivity index (χ4n) is 3.15. The second-order valence-corrected chi connectivity index (χ2v) is 6.84. The van der Waals surface area contributed by atoms with Gasteiger partial charge in [0.25, 0.3) is 5.91 Å². The lowest BCUT2D eigenvalue weighted by molar-refractivity contribution is 0.0713. The lowest BCUT2D eigenvalue weighted by Gasteiger charge is -2.22. The molecule has 0 radical (unpaired) electrons. The Morgan fingerprint density at radius 1 is 1.00 bits per heavy atom. The molecule has 29 heavy (non-hydrogen) atoms. The highest BCUT2D eigenvalue weighted by Crippen LogP contribution is 2.21. The van der Waals surface area contributed by atoms with Crippen molar-refractivity contribution in [3.05, 3.63) is 101 Å². The van der Waals surface area contributed by atoms with Crippen LogP contribution >= 0.6 is 0 Å². The van der Waals surface area contributed by atoms with Crippen LogP contribution in [0.1, 0.15) is 27.4 Å². The van der Waals surface area contributed by atoms with Crippen molar-refractivity contribution in [2.75, 3.05) is 0 Å². The zero-order valence-corrected chi connectivity index (χ0v) is 15.7. The number of carbonyl (C=O) groups is 1. The molecular formula is C23H18F2N2O2. The largest absolute Gasteiger partial charge is 0.439 e. The van der Waals surface area contributed by atoms with Gasteiger partial charge in [-0.1, -0.05) is 24.3 Å². The van der Waals surface area contributed by atoms with Crippen LogP contribution in [0.4, 0.5) is 8.78 Å². The summed E-state index contributed by atoms with van der Waals surface area (Å²) in [5.41, 5.74) is 2.85. The van der Waals surface area contributed by atoms with E-state index in [4.69, 9.17) is 4.42 Å². The molecule has 4 aromatic rings. The van der Waals surface area contributed by atoms with Crippen LogP contribution in [0, 0.1) is 18.6 Å². The smallest absolute Gasteiger partial charge is 0.254 e. The van der Waals surface area contributed by atoms with E-state index < -0.39 is 11.6 Å². The van der Waals surface area contributed by atoms with E-state index >= 15 is 0 Å². The van der Waals surface area contributed by atoms with Crippen molar-refractivity contribution in [1.29, 1.82) is 0 Å². The Bertz CT molecular complexity index is 1170. The van der Waals surface area contributed by atoms with Gasteiger partial charge in [0.2, 0.25) is 5.89 Å². The molecule has 0 saturated heterocycles. The summed E-state index contributed by atoms with van der Waals surface area (Å²) in [7, 11) is 0. The fraction of sp³-hybridized carbons (Fsp3) is 0.130. The normalized spacial score (nSPS) is 11.0. The highest BCUT2D eigenvalue weighted by molar-refractivity contribution is 5.94. The number of hydrogen-bond acceptors (Lipinski definition) is 3. The summed E-state index contributed by atoms with van der Waals surface area (Å²) in [5, 5.41) is 0. The molecule has 0 N–H and O–H groups in total. The third kappa shape index (κ3) is 4.16. The minimum atomic E-state index is -0.578. The standard InChI is InChI=1S/C23H18F2N2O2/c1-15-7-10-21-20(11-15)26-22(29-21)14-27(23(28)16-5-3-2-4-6-16)13-17-12-18(24)8-9-19(17)25/h2-12H,13-14H2,1H3. The molecule has 1 heterocycles. The lowest BCUT2D eigenvalue weighted by Crippen LogP contribution is -2.30. The van der Waals surface area contributed by atoms with Gasteiger partial charge in [-0.15, -0.1) is 0 Å². The van der Waals surface area contributed by atoms with E-state index in [2.05, 4.69) is 4.98 Å². The summed E-state index contributed by atoms with van der Waals surface area (Å²) >= 11 is 0. The number of benzene rings is 3. The van der Waals surface area contributed by atoms with E-state index in [9.17, 15) is 13.6 Å². The molecule has 3 aromatic carbocycles. The number of carbonyl (C=O) groups excluding carboxylic acids is 1. The number of halogens is 2. The molecule has 0 aliphatic rings. The molecule has 0 unspecified atom stereocenters. The average Bonchev–Trinajstić information content (AvgIpc) is 3.11. The quantitative estimate of drug-likeness (QED) is 0.466. The SMILES string of the molecule is Cc1ccc2oc(CN(Cc3cc(F)ccc3F)C(=O)c3ccccc3)nc2c1. The van der Waals surface area contributed by atoms with Gasteiger partial charge in [0.1, 0.15) is 17.2 Å². The van der Waals surface area contributed by atoms with Crippen molar-refractivity contribution in [2.45, 2.75) is 20.0 Å². The van der Waals surface area contributed by atoms with Gasteiger partial charge in [0, 0.05) is 17.7 Å². The molecule has 146 valence electrons. The van der Waals surface area contributed by atoms with Gasteiger partial charge in [-0.2, -0.15) is 0 Å². The van der Waals surface area contributed by atoms with Gasteiger partial charge >= 0.3 is 0 Å². The van der Waals surface area contributed by atoms with Gasteiger partial charge in [-0.05, 0) is 55.0 Å². The fourth-order valence-corrected chi connectivity index (χ4v) is 3.15. The topological polar surface area (TPSA) is 46.3 Å². The molecule has 0 atom stereocenters. The first-order valence-corrected chi connectivity index (χ1v) is 9.14. The number of aryl methyl sites for hydroxylation is 1. The Morgan fingerprint density at radius 3 is 2.59 bits per heavy atom. The Labute approximate surface area is 166 Å². The van der Waals surface area contributed by atoms with Crippen molar-refractivity contribution in [3.63, 3.8) is 0 Å². The minimum Gasteiger partial charge on any atom is -0.439 e. The van der Waals surface area contributed by atoms with Crippen LogP contribution < -0.4 is 0 Å². The Morgan fingerprint density at radius 2 is 1.79 bits per heavy atom. The van der Waals surface area contributed by atoms with Crippen molar-refractivity contribution in [2.24, 2.45) is 0 Å². The maximum Gasteiger partial charge on any atom is 0.254 e. The molecule has 4 rings (SSSR count). The molecule has 0 saturated carbocycles. The molecule has 0 bridgehead atoms. The molecule has 0 aliphatic carbocycles. The zero-order valence-electron chi connectivity index (χ0n) is 15.7. The lowest BCUT2D eigenvalue weighted by atomic mass is 10.1. The number of fused-ring (bicyclic) bond motifs is 1. The van der Waals surface area contributed by atoms with E-state index in [1.54, 1.807) is 30.3 Å². The number of nitrogens with zero attached hydrogens (tertiary/aromatic N) is 2. The molecule has 1 aromatic heterocycles. The third-order valence-corrected chi connectivity index (χ3v) is 4.59. The van der Waals surface area contributed by atoms with Gasteiger partial charge < -0.3 is 9.32 Å². The first kappa shape index (κ1) is 18.8. The summed E-state index contributed by atoms with van der Waals surface area (Å²) in [4.78, 5) is 18.9. The van der Waals surface area contributed by atoms with Gasteiger partial charge in [0.05, 0.1) is 6.54 Å². The minimum absolute atomic E-state index is 0.0252. The van der Waals surface area contributed by atoms with Crippen molar-refractivity contribution in [3.8, 4) is 0 Å². The Hall–Kier alpha value is -3.54. The second-order valence-electron chi connectivity index (χ2n) is 6.84. The Kier molecular flexibility index (Phi) is 5.08. The summed E-state index contributed by atoms with van der Waals surface area (Å²) in [6.07, 6.45) is 0. The molecule has 0 aliphatic heterocycles. The molecule has 4 nitrogen and oxygen atoms in total. The van der Waals surface area contributed by atoms with Crippen LogP contribution in [0.15, 0.2) is 71.1 Å². The number of hydrogen-bond donors (Lipinski definition) is 0. The predicted octanol–water partition coefficient (Wildman–Crippen LogP) is 5.26. The number of rotatable bonds is 5. The van der Waals surface area contributed by atoms with E-state index in [0.29, 0.717) is 22.6 Å².